The van der Waals surface area contributed by atoms with Crippen LogP contribution in [0.4, 0.5) is 0 Å². The largest absolute Gasteiger partial charge is 0.422 e. The van der Waals surface area contributed by atoms with Gasteiger partial charge >= 0.3 is 11.4 Å². The second-order valence-electron chi connectivity index (χ2n) is 2.87. The molecule has 2 heterocycles. The predicted molar refractivity (Wildman–Crippen MR) is 46.7 cm³/mol. The number of fused-ring (bicyclic) bond motifs is 1. The molecule has 0 spiro atoms. The fourth-order valence-electron chi connectivity index (χ4n) is 1.33. The summed E-state index contributed by atoms with van der Waals surface area (Å²) < 4.78 is 7.42. The first-order chi connectivity index (χ1) is 6.11. The summed E-state index contributed by atoms with van der Waals surface area (Å²) in [6.45, 7) is 0. The van der Waals surface area contributed by atoms with Crippen LogP contribution in [0, 0.1) is 0 Å². The van der Waals surface area contributed by atoms with E-state index in [1.807, 2.05) is 0 Å². The van der Waals surface area contributed by atoms with E-state index in [-0.39, 0.29) is 0 Å². The van der Waals surface area contributed by atoms with E-state index in [0.29, 0.717) is 11.0 Å². The lowest BCUT2D eigenvalue weighted by molar-refractivity contribution is 0.430. The SMILES string of the molecule is Cn1ccc2c1c(=O)oc(=O)n2C. The number of aryl methyl sites for hydroxylation is 2. The number of hydrogen-bond donors (Lipinski definition) is 0. The van der Waals surface area contributed by atoms with Gasteiger partial charge in [0.15, 0.2) is 5.52 Å². The van der Waals surface area contributed by atoms with Gasteiger partial charge in [-0.25, -0.2) is 9.59 Å². The molecule has 0 aromatic carbocycles. The van der Waals surface area contributed by atoms with Crippen LogP contribution in [0.1, 0.15) is 0 Å². The van der Waals surface area contributed by atoms with Gasteiger partial charge in [-0.1, -0.05) is 0 Å². The Morgan fingerprint density at radius 3 is 2.69 bits per heavy atom. The minimum atomic E-state index is -0.635. The maximum Gasteiger partial charge on any atom is 0.422 e. The average Bonchev–Trinajstić information content (AvgIpc) is 2.44. The number of aromatic nitrogens is 2. The minimum absolute atomic E-state index is 0.405. The van der Waals surface area contributed by atoms with Crippen molar-refractivity contribution in [1.82, 2.24) is 9.13 Å². The maximum atomic E-state index is 11.2. The smallest absolute Gasteiger partial charge is 0.371 e. The van der Waals surface area contributed by atoms with Crippen molar-refractivity contribution in [3.63, 3.8) is 0 Å². The monoisotopic (exact) mass is 180 g/mol. The fourth-order valence-corrected chi connectivity index (χ4v) is 1.33. The molecule has 0 aliphatic carbocycles. The summed E-state index contributed by atoms with van der Waals surface area (Å²) >= 11 is 0. The molecule has 13 heavy (non-hydrogen) atoms. The van der Waals surface area contributed by atoms with Crippen molar-refractivity contribution in [2.75, 3.05) is 0 Å². The van der Waals surface area contributed by atoms with Crippen molar-refractivity contribution < 1.29 is 4.42 Å². The predicted octanol–water partition coefficient (Wildman–Crippen LogP) is -0.170. The lowest BCUT2D eigenvalue weighted by Crippen LogP contribution is -2.22. The number of rotatable bonds is 0. The van der Waals surface area contributed by atoms with Crippen LogP contribution in [-0.4, -0.2) is 9.13 Å². The summed E-state index contributed by atoms with van der Waals surface area (Å²) in [5.41, 5.74) is 0.399. The van der Waals surface area contributed by atoms with Gasteiger partial charge in [-0.15, -0.1) is 0 Å². The van der Waals surface area contributed by atoms with Crippen LogP contribution in [0.2, 0.25) is 0 Å². The van der Waals surface area contributed by atoms with Crippen LogP contribution in [0.15, 0.2) is 26.3 Å². The third kappa shape index (κ3) is 0.932. The van der Waals surface area contributed by atoms with Crippen LogP contribution in [0.5, 0.6) is 0 Å². The molecule has 68 valence electrons. The lowest BCUT2D eigenvalue weighted by Gasteiger charge is -1.97. The minimum Gasteiger partial charge on any atom is -0.371 e. The van der Waals surface area contributed by atoms with Crippen LogP contribution in [0.3, 0.4) is 0 Å². The Balaban J connectivity index is 3.18. The fraction of sp³-hybridized carbons (Fsp3) is 0.250. The second-order valence-corrected chi connectivity index (χ2v) is 2.87. The first-order valence-corrected chi connectivity index (χ1v) is 3.76. The first-order valence-electron chi connectivity index (χ1n) is 3.76. The van der Waals surface area contributed by atoms with E-state index in [1.165, 1.54) is 4.57 Å². The van der Waals surface area contributed by atoms with E-state index in [0.717, 1.165) is 0 Å². The van der Waals surface area contributed by atoms with Crippen LogP contribution in [0.25, 0.3) is 11.0 Å². The van der Waals surface area contributed by atoms with Gasteiger partial charge in [0.2, 0.25) is 0 Å². The van der Waals surface area contributed by atoms with E-state index in [9.17, 15) is 9.59 Å². The summed E-state index contributed by atoms with van der Waals surface area (Å²) in [7, 11) is 3.29. The van der Waals surface area contributed by atoms with Gasteiger partial charge < -0.3 is 8.98 Å². The Labute approximate surface area is 72.8 Å². The van der Waals surface area contributed by atoms with Crippen LogP contribution < -0.4 is 11.4 Å². The summed E-state index contributed by atoms with van der Waals surface area (Å²) in [5, 5.41) is 0. The van der Waals surface area contributed by atoms with E-state index in [1.54, 1.807) is 30.9 Å². The Kier molecular flexibility index (Phi) is 1.42. The van der Waals surface area contributed by atoms with Crippen molar-refractivity contribution in [2.45, 2.75) is 0 Å². The molecule has 0 saturated heterocycles. The molecule has 0 unspecified atom stereocenters. The van der Waals surface area contributed by atoms with Crippen molar-refractivity contribution in [3.8, 4) is 0 Å². The molecule has 0 amide bonds. The van der Waals surface area contributed by atoms with Gasteiger partial charge in [0, 0.05) is 20.3 Å². The van der Waals surface area contributed by atoms with Crippen molar-refractivity contribution in [1.29, 1.82) is 0 Å². The molecule has 0 aliphatic heterocycles. The second kappa shape index (κ2) is 2.35. The quantitative estimate of drug-likeness (QED) is 0.565. The molecule has 5 nitrogen and oxygen atoms in total. The summed E-state index contributed by atoms with van der Waals surface area (Å²) in [6.07, 6.45) is 1.71. The molecule has 0 atom stereocenters. The van der Waals surface area contributed by atoms with Gasteiger partial charge in [0.05, 0.1) is 5.52 Å². The Morgan fingerprint density at radius 1 is 1.31 bits per heavy atom. The zero-order valence-electron chi connectivity index (χ0n) is 7.27. The highest BCUT2D eigenvalue weighted by atomic mass is 16.4. The molecule has 0 radical (unpaired) electrons. The van der Waals surface area contributed by atoms with E-state index in [4.69, 9.17) is 0 Å². The zero-order chi connectivity index (χ0) is 9.59. The molecule has 2 rings (SSSR count). The highest BCUT2D eigenvalue weighted by Gasteiger charge is 2.08. The van der Waals surface area contributed by atoms with Gasteiger partial charge in [0.1, 0.15) is 0 Å². The molecule has 0 fully saturated rings. The van der Waals surface area contributed by atoms with Gasteiger partial charge in [-0.2, -0.15) is 0 Å². The van der Waals surface area contributed by atoms with Crippen LogP contribution in [-0.2, 0) is 14.1 Å². The third-order valence-electron chi connectivity index (χ3n) is 2.06. The summed E-state index contributed by atoms with van der Waals surface area (Å²) in [5.74, 6) is -0.635. The van der Waals surface area contributed by atoms with Crippen molar-refractivity contribution in [2.24, 2.45) is 14.1 Å². The summed E-state index contributed by atoms with van der Waals surface area (Å²) in [4.78, 5) is 22.3. The molecule has 0 bridgehead atoms. The molecule has 0 aliphatic rings. The number of hydrogen-bond acceptors (Lipinski definition) is 3. The Hall–Kier alpha value is -1.78. The Morgan fingerprint density at radius 2 is 2.00 bits per heavy atom. The molecule has 2 aromatic rings. The van der Waals surface area contributed by atoms with Crippen molar-refractivity contribution in [3.05, 3.63) is 33.2 Å². The normalized spacial score (nSPS) is 10.9. The van der Waals surface area contributed by atoms with Gasteiger partial charge in [0.25, 0.3) is 0 Å². The standard InChI is InChI=1S/C8H8N2O3/c1-9-4-3-5-6(9)7(11)13-8(12)10(5)2/h3-4H,1-2H3. The highest BCUT2D eigenvalue weighted by Crippen LogP contribution is 2.06. The zero-order valence-corrected chi connectivity index (χ0v) is 7.27. The Bertz CT molecular complexity index is 573. The topological polar surface area (TPSA) is 57.1 Å². The molecule has 0 N–H and O–H groups in total. The first kappa shape index (κ1) is 7.85. The van der Waals surface area contributed by atoms with Gasteiger partial charge in [-0.3, -0.25) is 4.57 Å². The average molecular weight is 180 g/mol. The maximum absolute atomic E-state index is 11.2. The summed E-state index contributed by atoms with van der Waals surface area (Å²) in [6, 6.07) is 1.70. The number of nitrogens with zero attached hydrogens (tertiary/aromatic N) is 2. The van der Waals surface area contributed by atoms with Crippen LogP contribution >= 0.6 is 0 Å². The molecule has 2 aromatic heterocycles. The van der Waals surface area contributed by atoms with E-state index >= 15 is 0 Å². The van der Waals surface area contributed by atoms with Crippen molar-refractivity contribution >= 4 is 11.0 Å². The van der Waals surface area contributed by atoms with E-state index in [2.05, 4.69) is 4.42 Å². The lowest BCUT2D eigenvalue weighted by atomic mass is 10.4. The molecular formula is C8H8N2O3. The van der Waals surface area contributed by atoms with E-state index < -0.39 is 11.4 Å². The molecular weight excluding hydrogens is 172 g/mol. The third-order valence-corrected chi connectivity index (χ3v) is 2.06. The van der Waals surface area contributed by atoms with Gasteiger partial charge in [-0.05, 0) is 6.07 Å². The highest BCUT2D eigenvalue weighted by molar-refractivity contribution is 5.74. The molecule has 0 saturated carbocycles. The molecule has 5 heteroatoms.